The minimum absolute atomic E-state index is 0.119. The molecular weight excluding hydrogens is 238 g/mol. The number of nitriles is 1. The monoisotopic (exact) mass is 259 g/mol. The zero-order valence-corrected chi connectivity index (χ0v) is 11.5. The van der Waals surface area contributed by atoms with E-state index in [2.05, 4.69) is 16.0 Å². The molecule has 4 heteroatoms. The van der Waals surface area contributed by atoms with E-state index >= 15 is 0 Å². The molecule has 102 valence electrons. The van der Waals surface area contributed by atoms with Crippen molar-refractivity contribution in [3.63, 3.8) is 0 Å². The predicted octanol–water partition coefficient (Wildman–Crippen LogP) is 2.39. The number of anilines is 1. The van der Waals surface area contributed by atoms with E-state index in [4.69, 9.17) is 5.26 Å². The molecule has 19 heavy (non-hydrogen) atoms. The Morgan fingerprint density at radius 3 is 2.74 bits per heavy atom. The van der Waals surface area contributed by atoms with Crippen LogP contribution < -0.4 is 4.90 Å². The van der Waals surface area contributed by atoms with Gasteiger partial charge in [0.05, 0.1) is 18.2 Å². The first kappa shape index (κ1) is 13.8. The highest BCUT2D eigenvalue weighted by molar-refractivity contribution is 5.47. The predicted molar refractivity (Wildman–Crippen MR) is 75.0 cm³/mol. The number of aryl methyl sites for hydroxylation is 1. The molecule has 1 aromatic heterocycles. The molecule has 0 radical (unpaired) electrons. The zero-order chi connectivity index (χ0) is 13.7. The van der Waals surface area contributed by atoms with Gasteiger partial charge in [0, 0.05) is 18.3 Å². The van der Waals surface area contributed by atoms with Crippen molar-refractivity contribution in [1.29, 1.82) is 5.26 Å². The number of rotatable bonds is 4. The van der Waals surface area contributed by atoms with E-state index < -0.39 is 0 Å². The van der Waals surface area contributed by atoms with Crippen molar-refractivity contribution < 1.29 is 5.11 Å². The van der Waals surface area contributed by atoms with Crippen LogP contribution in [0, 0.1) is 18.3 Å². The molecule has 4 nitrogen and oxygen atoms in total. The summed E-state index contributed by atoms with van der Waals surface area (Å²) in [6, 6.07) is 6.25. The molecule has 2 rings (SSSR count). The number of aliphatic hydroxyl groups is 1. The largest absolute Gasteiger partial charge is 0.395 e. The average molecular weight is 259 g/mol. The van der Waals surface area contributed by atoms with E-state index in [0.29, 0.717) is 18.2 Å². The fraction of sp³-hybridized carbons (Fsp3) is 0.600. The lowest BCUT2D eigenvalue weighted by Crippen LogP contribution is -2.39. The highest BCUT2D eigenvalue weighted by atomic mass is 16.3. The normalized spacial score (nSPS) is 16.1. The van der Waals surface area contributed by atoms with Crippen LogP contribution in [-0.2, 0) is 0 Å². The van der Waals surface area contributed by atoms with Crippen molar-refractivity contribution >= 4 is 5.82 Å². The van der Waals surface area contributed by atoms with Gasteiger partial charge < -0.3 is 10.0 Å². The quantitative estimate of drug-likeness (QED) is 0.902. The lowest BCUT2D eigenvalue weighted by Gasteiger charge is -2.35. The first-order valence-corrected chi connectivity index (χ1v) is 7.01. The third kappa shape index (κ3) is 3.45. The number of aromatic nitrogens is 1. The molecule has 0 bridgehead atoms. The van der Waals surface area contributed by atoms with Crippen molar-refractivity contribution in [1.82, 2.24) is 4.98 Å². The number of hydrogen-bond acceptors (Lipinski definition) is 4. The summed E-state index contributed by atoms with van der Waals surface area (Å²) < 4.78 is 0. The molecule has 0 spiro atoms. The van der Waals surface area contributed by atoms with Crippen LogP contribution in [0.1, 0.15) is 43.4 Å². The van der Waals surface area contributed by atoms with Crippen LogP contribution in [0.5, 0.6) is 0 Å². The van der Waals surface area contributed by atoms with Crippen LogP contribution in [0.3, 0.4) is 0 Å². The van der Waals surface area contributed by atoms with Crippen LogP contribution in [0.25, 0.3) is 0 Å². The maximum atomic E-state index is 9.29. The summed E-state index contributed by atoms with van der Waals surface area (Å²) in [5.41, 5.74) is 1.49. The third-order valence-electron chi connectivity index (χ3n) is 3.72. The molecule has 1 aromatic rings. The van der Waals surface area contributed by atoms with Gasteiger partial charge in [-0.15, -0.1) is 0 Å². The van der Waals surface area contributed by atoms with Gasteiger partial charge in [0.25, 0.3) is 0 Å². The van der Waals surface area contributed by atoms with Gasteiger partial charge in [-0.05, 0) is 31.9 Å². The number of nitrogens with zero attached hydrogens (tertiary/aromatic N) is 3. The number of pyridine rings is 1. The standard InChI is InChI=1S/C15H21N3O/c1-12-9-13(11-16)10-15(17-12)18(7-8-19)14-5-3-2-4-6-14/h9-10,14,19H,2-8H2,1H3. The molecular formula is C15H21N3O. The fourth-order valence-corrected chi connectivity index (χ4v) is 2.85. The Balaban J connectivity index is 2.27. The van der Waals surface area contributed by atoms with Crippen molar-refractivity contribution in [2.75, 3.05) is 18.1 Å². The maximum absolute atomic E-state index is 9.29. The maximum Gasteiger partial charge on any atom is 0.130 e. The van der Waals surface area contributed by atoms with Gasteiger partial charge in [-0.2, -0.15) is 5.26 Å². The molecule has 1 heterocycles. The molecule has 1 aliphatic rings. The van der Waals surface area contributed by atoms with Crippen LogP contribution in [0.4, 0.5) is 5.82 Å². The molecule has 0 unspecified atom stereocenters. The van der Waals surface area contributed by atoms with Crippen molar-refractivity contribution in [2.24, 2.45) is 0 Å². The van der Waals surface area contributed by atoms with Gasteiger partial charge in [-0.1, -0.05) is 19.3 Å². The molecule has 1 aliphatic carbocycles. The second-order valence-corrected chi connectivity index (χ2v) is 5.18. The molecule has 1 fully saturated rings. The van der Waals surface area contributed by atoms with Gasteiger partial charge in [0.15, 0.2) is 0 Å². The minimum atomic E-state index is 0.119. The van der Waals surface area contributed by atoms with E-state index in [1.54, 1.807) is 6.07 Å². The van der Waals surface area contributed by atoms with Gasteiger partial charge in [0.1, 0.15) is 5.82 Å². The third-order valence-corrected chi connectivity index (χ3v) is 3.72. The highest BCUT2D eigenvalue weighted by Crippen LogP contribution is 2.26. The van der Waals surface area contributed by atoms with Gasteiger partial charge in [-0.25, -0.2) is 4.98 Å². The molecule has 0 amide bonds. The van der Waals surface area contributed by atoms with Crippen LogP contribution >= 0.6 is 0 Å². The Hall–Kier alpha value is -1.60. The summed E-state index contributed by atoms with van der Waals surface area (Å²) in [7, 11) is 0. The first-order chi connectivity index (χ1) is 9.24. The molecule has 1 saturated carbocycles. The SMILES string of the molecule is Cc1cc(C#N)cc(N(CCO)C2CCCCC2)n1. The second-order valence-electron chi connectivity index (χ2n) is 5.18. The second kappa shape index (κ2) is 6.53. The van der Waals surface area contributed by atoms with Gasteiger partial charge in [-0.3, -0.25) is 0 Å². The summed E-state index contributed by atoms with van der Waals surface area (Å²) in [5, 5.41) is 18.4. The Morgan fingerprint density at radius 2 is 2.11 bits per heavy atom. The molecule has 0 saturated heterocycles. The Labute approximate surface area is 114 Å². The minimum Gasteiger partial charge on any atom is -0.395 e. The smallest absolute Gasteiger partial charge is 0.130 e. The van der Waals surface area contributed by atoms with E-state index in [-0.39, 0.29) is 6.61 Å². The summed E-state index contributed by atoms with van der Waals surface area (Å²) in [6.07, 6.45) is 6.08. The topological polar surface area (TPSA) is 60.2 Å². The summed E-state index contributed by atoms with van der Waals surface area (Å²) in [6.45, 7) is 2.61. The number of aliphatic hydroxyl groups excluding tert-OH is 1. The van der Waals surface area contributed by atoms with E-state index in [0.717, 1.165) is 24.4 Å². The lowest BCUT2D eigenvalue weighted by atomic mass is 9.94. The van der Waals surface area contributed by atoms with Gasteiger partial charge in [0.2, 0.25) is 0 Å². The van der Waals surface area contributed by atoms with Crippen molar-refractivity contribution in [2.45, 2.75) is 45.1 Å². The molecule has 0 aromatic carbocycles. The van der Waals surface area contributed by atoms with E-state index in [1.165, 1.54) is 19.3 Å². The fourth-order valence-electron chi connectivity index (χ4n) is 2.85. The molecule has 0 atom stereocenters. The van der Waals surface area contributed by atoms with Crippen molar-refractivity contribution in [3.8, 4) is 6.07 Å². The summed E-state index contributed by atoms with van der Waals surface area (Å²) in [5.74, 6) is 0.831. The molecule has 0 aliphatic heterocycles. The summed E-state index contributed by atoms with van der Waals surface area (Å²) in [4.78, 5) is 6.71. The van der Waals surface area contributed by atoms with E-state index in [1.807, 2.05) is 13.0 Å². The van der Waals surface area contributed by atoms with Crippen LogP contribution in [0.15, 0.2) is 12.1 Å². The lowest BCUT2D eigenvalue weighted by molar-refractivity contribution is 0.289. The highest BCUT2D eigenvalue weighted by Gasteiger charge is 2.22. The zero-order valence-electron chi connectivity index (χ0n) is 11.5. The van der Waals surface area contributed by atoms with Crippen LogP contribution in [0.2, 0.25) is 0 Å². The Morgan fingerprint density at radius 1 is 1.37 bits per heavy atom. The van der Waals surface area contributed by atoms with Crippen molar-refractivity contribution in [3.05, 3.63) is 23.4 Å². The molecule has 1 N–H and O–H groups in total. The Kier molecular flexibility index (Phi) is 4.75. The van der Waals surface area contributed by atoms with Crippen LogP contribution in [-0.4, -0.2) is 29.3 Å². The van der Waals surface area contributed by atoms with E-state index in [9.17, 15) is 5.11 Å². The first-order valence-electron chi connectivity index (χ1n) is 7.01. The average Bonchev–Trinajstić information content (AvgIpc) is 2.45. The Bertz CT molecular complexity index is 461. The summed E-state index contributed by atoms with van der Waals surface area (Å²) >= 11 is 0. The number of hydrogen-bond donors (Lipinski definition) is 1. The van der Waals surface area contributed by atoms with Gasteiger partial charge >= 0.3 is 0 Å².